The minimum absolute atomic E-state index is 0. The van der Waals surface area contributed by atoms with E-state index in [2.05, 4.69) is 5.32 Å². The molecular weight excluding hydrogens is 396 g/mol. The summed E-state index contributed by atoms with van der Waals surface area (Å²) >= 11 is 0. The number of carboxylic acid groups (broad SMARTS) is 1. The Morgan fingerprint density at radius 2 is 1.89 bits per heavy atom. The average molecular weight is 430 g/mol. The standard InChI is InChI=1S/C16H32BN3O5.2ClH/c1-3-10(2)13(18)14(21)20-9-12-5-4-11(6-7-17(24)25)8-16(12,19)15(22)23;;/h10-13,24-25H,3-9,18-19H2,1-2H3,(H,20,21)(H,22,23);2*1H/t10-,11-,12-,13-,16+;;/m0../s1. The van der Waals surface area contributed by atoms with Gasteiger partial charge in [0.2, 0.25) is 5.91 Å². The van der Waals surface area contributed by atoms with Crippen molar-refractivity contribution in [3.8, 4) is 0 Å². The normalized spacial score (nSPS) is 26.7. The zero-order valence-electron chi connectivity index (χ0n) is 16.0. The molecule has 5 atom stereocenters. The van der Waals surface area contributed by atoms with Gasteiger partial charge in [0.25, 0.3) is 0 Å². The van der Waals surface area contributed by atoms with E-state index in [4.69, 9.17) is 21.5 Å². The van der Waals surface area contributed by atoms with Crippen LogP contribution >= 0.6 is 24.8 Å². The number of carbonyl (C=O) groups is 2. The highest BCUT2D eigenvalue weighted by molar-refractivity contribution is 6.40. The van der Waals surface area contributed by atoms with Crippen LogP contribution in [0.25, 0.3) is 0 Å². The first-order valence-corrected chi connectivity index (χ1v) is 9.03. The molecule has 0 aromatic rings. The lowest BCUT2D eigenvalue weighted by molar-refractivity contribution is -0.148. The number of aliphatic carboxylic acids is 1. The molecule has 1 saturated carbocycles. The second-order valence-corrected chi connectivity index (χ2v) is 7.40. The summed E-state index contributed by atoms with van der Waals surface area (Å²) in [4.78, 5) is 23.9. The molecule has 11 heteroatoms. The van der Waals surface area contributed by atoms with Gasteiger partial charge in [-0.05, 0) is 37.4 Å². The van der Waals surface area contributed by atoms with Crippen LogP contribution in [-0.4, -0.2) is 52.3 Å². The number of carboxylic acids is 1. The molecule has 8 N–H and O–H groups in total. The van der Waals surface area contributed by atoms with Gasteiger partial charge in [-0.3, -0.25) is 9.59 Å². The van der Waals surface area contributed by atoms with Crippen LogP contribution in [0.5, 0.6) is 0 Å². The Labute approximate surface area is 173 Å². The lowest BCUT2D eigenvalue weighted by Crippen LogP contribution is -2.60. The van der Waals surface area contributed by atoms with E-state index < -0.39 is 24.7 Å². The van der Waals surface area contributed by atoms with Crippen LogP contribution in [0, 0.1) is 17.8 Å². The average Bonchev–Trinajstić information content (AvgIpc) is 2.57. The van der Waals surface area contributed by atoms with E-state index in [9.17, 15) is 14.7 Å². The van der Waals surface area contributed by atoms with E-state index in [1.54, 1.807) is 0 Å². The molecule has 8 nitrogen and oxygen atoms in total. The molecule has 1 aliphatic rings. The predicted octanol–water partition coefficient (Wildman–Crippen LogP) is 0.381. The van der Waals surface area contributed by atoms with E-state index in [1.165, 1.54) is 0 Å². The van der Waals surface area contributed by atoms with E-state index in [0.717, 1.165) is 12.8 Å². The first-order valence-electron chi connectivity index (χ1n) is 9.03. The maximum atomic E-state index is 12.1. The Balaban J connectivity index is 0. The van der Waals surface area contributed by atoms with Gasteiger partial charge in [-0.1, -0.05) is 26.7 Å². The zero-order valence-corrected chi connectivity index (χ0v) is 17.6. The Morgan fingerprint density at radius 1 is 1.30 bits per heavy atom. The van der Waals surface area contributed by atoms with Gasteiger partial charge in [-0.2, -0.15) is 0 Å². The molecule has 0 aliphatic heterocycles. The molecular formula is C16H34BCl2N3O5. The zero-order chi connectivity index (χ0) is 19.2. The molecule has 1 fully saturated rings. The third kappa shape index (κ3) is 8.13. The predicted molar refractivity (Wildman–Crippen MR) is 110 cm³/mol. The van der Waals surface area contributed by atoms with E-state index >= 15 is 0 Å². The monoisotopic (exact) mass is 429 g/mol. The summed E-state index contributed by atoms with van der Waals surface area (Å²) < 4.78 is 0. The number of hydrogen-bond donors (Lipinski definition) is 6. The Kier molecular flexibility index (Phi) is 13.6. The van der Waals surface area contributed by atoms with Crippen molar-refractivity contribution in [2.24, 2.45) is 29.2 Å². The Hall–Kier alpha value is -0.575. The summed E-state index contributed by atoms with van der Waals surface area (Å²) in [5.41, 5.74) is 10.6. The number of nitrogens with one attached hydrogen (secondary N) is 1. The Bertz CT molecular complexity index is 475. The quantitative estimate of drug-likeness (QED) is 0.289. The van der Waals surface area contributed by atoms with Gasteiger partial charge >= 0.3 is 13.1 Å². The number of rotatable bonds is 9. The fourth-order valence-electron chi connectivity index (χ4n) is 3.47. The maximum Gasteiger partial charge on any atom is 0.451 e. The third-order valence-electron chi connectivity index (χ3n) is 5.59. The summed E-state index contributed by atoms with van der Waals surface area (Å²) in [5, 5.41) is 30.3. The smallest absolute Gasteiger partial charge is 0.451 e. The number of hydrogen-bond acceptors (Lipinski definition) is 6. The molecule has 27 heavy (non-hydrogen) atoms. The maximum absolute atomic E-state index is 12.1. The van der Waals surface area contributed by atoms with Crippen molar-refractivity contribution in [1.29, 1.82) is 0 Å². The van der Waals surface area contributed by atoms with Crippen LogP contribution in [0.3, 0.4) is 0 Å². The highest BCUT2D eigenvalue weighted by Gasteiger charge is 2.47. The second-order valence-electron chi connectivity index (χ2n) is 7.40. The molecule has 0 radical (unpaired) electrons. The number of halogens is 2. The molecule has 1 rings (SSSR count). The number of amides is 1. The molecule has 0 saturated heterocycles. The molecule has 0 aromatic heterocycles. The highest BCUT2D eigenvalue weighted by Crippen LogP contribution is 2.38. The molecule has 160 valence electrons. The van der Waals surface area contributed by atoms with Crippen LogP contribution < -0.4 is 16.8 Å². The van der Waals surface area contributed by atoms with Gasteiger partial charge in [0, 0.05) is 12.5 Å². The van der Waals surface area contributed by atoms with Gasteiger partial charge in [0.15, 0.2) is 0 Å². The van der Waals surface area contributed by atoms with Crippen molar-refractivity contribution >= 4 is 43.8 Å². The van der Waals surface area contributed by atoms with E-state index in [-0.39, 0.29) is 67.8 Å². The third-order valence-corrected chi connectivity index (χ3v) is 5.59. The molecule has 0 heterocycles. The van der Waals surface area contributed by atoms with Gasteiger partial charge in [0.05, 0.1) is 6.04 Å². The highest BCUT2D eigenvalue weighted by atomic mass is 35.5. The van der Waals surface area contributed by atoms with Crippen molar-refractivity contribution < 1.29 is 24.7 Å². The topological polar surface area (TPSA) is 159 Å². The van der Waals surface area contributed by atoms with E-state index in [0.29, 0.717) is 12.8 Å². The number of nitrogens with two attached hydrogens (primary N) is 2. The summed E-state index contributed by atoms with van der Waals surface area (Å²) in [6, 6.07) is -0.621. The van der Waals surface area contributed by atoms with Crippen LogP contribution in [0.2, 0.25) is 6.32 Å². The van der Waals surface area contributed by atoms with Crippen molar-refractivity contribution in [1.82, 2.24) is 5.32 Å². The van der Waals surface area contributed by atoms with Crippen molar-refractivity contribution in [3.63, 3.8) is 0 Å². The summed E-state index contributed by atoms with van der Waals surface area (Å²) in [6.07, 6.45) is 3.07. The number of carbonyl (C=O) groups excluding carboxylic acids is 1. The lowest BCUT2D eigenvalue weighted by atomic mass is 9.66. The Morgan fingerprint density at radius 3 is 2.37 bits per heavy atom. The van der Waals surface area contributed by atoms with Crippen LogP contribution in [-0.2, 0) is 9.59 Å². The van der Waals surface area contributed by atoms with E-state index in [1.807, 2.05) is 13.8 Å². The summed E-state index contributed by atoms with van der Waals surface area (Å²) in [6.45, 7) is 4.04. The summed E-state index contributed by atoms with van der Waals surface area (Å²) in [7, 11) is -1.39. The van der Waals surface area contributed by atoms with Crippen molar-refractivity contribution in [2.45, 2.75) is 63.9 Å². The molecule has 0 unspecified atom stereocenters. The van der Waals surface area contributed by atoms with Crippen LogP contribution in [0.4, 0.5) is 0 Å². The second kappa shape index (κ2) is 12.8. The van der Waals surface area contributed by atoms with Gasteiger partial charge in [-0.15, -0.1) is 24.8 Å². The lowest BCUT2D eigenvalue weighted by Gasteiger charge is -2.41. The van der Waals surface area contributed by atoms with Gasteiger partial charge < -0.3 is 31.9 Å². The first-order chi connectivity index (χ1) is 11.6. The minimum Gasteiger partial charge on any atom is -0.480 e. The van der Waals surface area contributed by atoms with Crippen molar-refractivity contribution in [3.05, 3.63) is 0 Å². The SMILES string of the molecule is CC[C@H](C)[C@H](N)C(=O)NC[C@@H]1CC[C@@H](CCB(O)O)C[C@]1(N)C(=O)O.Cl.Cl. The van der Waals surface area contributed by atoms with Gasteiger partial charge in [0.1, 0.15) is 5.54 Å². The minimum atomic E-state index is -1.43. The molecule has 0 bridgehead atoms. The fraction of sp³-hybridized carbons (Fsp3) is 0.875. The van der Waals surface area contributed by atoms with Crippen molar-refractivity contribution in [2.75, 3.05) is 6.54 Å². The molecule has 0 aromatic carbocycles. The molecule has 1 aliphatic carbocycles. The largest absolute Gasteiger partial charge is 0.480 e. The molecule has 1 amide bonds. The first kappa shape index (κ1) is 28.6. The fourth-order valence-corrected chi connectivity index (χ4v) is 3.47. The summed E-state index contributed by atoms with van der Waals surface area (Å²) in [5.74, 6) is -1.69. The molecule has 0 spiro atoms. The van der Waals surface area contributed by atoms with Crippen LogP contribution in [0.1, 0.15) is 46.0 Å². The van der Waals surface area contributed by atoms with Gasteiger partial charge in [-0.25, -0.2) is 0 Å². The van der Waals surface area contributed by atoms with Crippen LogP contribution in [0.15, 0.2) is 0 Å².